The first-order chi connectivity index (χ1) is 29.5. The van der Waals surface area contributed by atoms with Crippen LogP contribution in [0.25, 0.3) is 42.8 Å². The molecule has 0 heterocycles. The minimum absolute atomic E-state index is 0.0106. The number of benzene rings is 7. The molecule has 0 aliphatic heterocycles. The SMILES string of the molecule is [N-]=[N+]=Nc1ccc(C(=O)Nc2cc(C(=O)NCCNC(=O)COCC#Cc3ccc4ccc5cccc6ccc3c4c56)cc(C(=O)NCc3ccc(S(N)(=O)=O)cc3)c2)cc1. The molecule has 0 radical (unpaired) electrons. The fraction of sp³-hybridized carbons (Fsp3) is 0.111. The Kier molecular flexibility index (Phi) is 12.5. The highest BCUT2D eigenvalue weighted by atomic mass is 32.2. The van der Waals surface area contributed by atoms with Crippen molar-refractivity contribution in [1.29, 1.82) is 0 Å². The molecule has 0 saturated carbocycles. The van der Waals surface area contributed by atoms with Crippen LogP contribution in [0.15, 0.2) is 131 Å². The van der Waals surface area contributed by atoms with Gasteiger partial charge in [-0.2, -0.15) is 0 Å². The van der Waals surface area contributed by atoms with Crippen molar-refractivity contribution < 1.29 is 32.3 Å². The van der Waals surface area contributed by atoms with Gasteiger partial charge in [0.1, 0.15) is 13.2 Å². The first-order valence-electron chi connectivity index (χ1n) is 18.8. The number of ether oxygens (including phenoxy) is 1. The predicted molar refractivity (Wildman–Crippen MR) is 232 cm³/mol. The molecule has 6 N–H and O–H groups in total. The summed E-state index contributed by atoms with van der Waals surface area (Å²) in [6, 6.07) is 34.3. The molecule has 0 spiro atoms. The molecule has 15 nitrogen and oxygen atoms in total. The lowest BCUT2D eigenvalue weighted by molar-refractivity contribution is -0.125. The number of amides is 4. The lowest BCUT2D eigenvalue weighted by Crippen LogP contribution is -2.36. The second kappa shape index (κ2) is 18.4. The van der Waals surface area contributed by atoms with Gasteiger partial charge in [0.25, 0.3) is 17.7 Å². The Morgan fingerprint density at radius 1 is 0.705 bits per heavy atom. The molecule has 0 unspecified atom stereocenters. The zero-order chi connectivity index (χ0) is 42.9. The lowest BCUT2D eigenvalue weighted by atomic mass is 9.92. The van der Waals surface area contributed by atoms with Crippen LogP contribution in [-0.4, -0.2) is 58.3 Å². The van der Waals surface area contributed by atoms with E-state index >= 15 is 0 Å². The molecule has 7 rings (SSSR count). The quantitative estimate of drug-likeness (QED) is 0.0210. The minimum Gasteiger partial charge on any atom is -0.359 e. The van der Waals surface area contributed by atoms with Gasteiger partial charge in [0.05, 0.1) is 4.90 Å². The molecule has 0 aliphatic carbocycles. The third-order valence-electron chi connectivity index (χ3n) is 9.60. The van der Waals surface area contributed by atoms with Gasteiger partial charge in [0.2, 0.25) is 15.9 Å². The number of azide groups is 1. The van der Waals surface area contributed by atoms with E-state index in [0.717, 1.165) is 21.7 Å². The average molecular weight is 833 g/mol. The van der Waals surface area contributed by atoms with Gasteiger partial charge in [0, 0.05) is 58.2 Å². The maximum absolute atomic E-state index is 13.3. The summed E-state index contributed by atoms with van der Waals surface area (Å²) < 4.78 is 28.7. The highest BCUT2D eigenvalue weighted by molar-refractivity contribution is 7.89. The van der Waals surface area contributed by atoms with Gasteiger partial charge in [-0.1, -0.05) is 89.8 Å². The summed E-state index contributed by atoms with van der Waals surface area (Å²) in [5, 5.41) is 26.3. The third-order valence-corrected chi connectivity index (χ3v) is 10.5. The molecule has 0 aliphatic rings. The number of nitrogens with zero attached hydrogens (tertiary/aromatic N) is 3. The molecule has 0 bridgehead atoms. The van der Waals surface area contributed by atoms with Crippen LogP contribution in [0.4, 0.5) is 11.4 Å². The summed E-state index contributed by atoms with van der Waals surface area (Å²) in [6.45, 7) is -0.102. The number of rotatable bonds is 14. The number of sulfonamides is 1. The number of nitrogens with two attached hydrogens (primary N) is 1. The van der Waals surface area contributed by atoms with Crippen molar-refractivity contribution in [2.45, 2.75) is 11.4 Å². The summed E-state index contributed by atoms with van der Waals surface area (Å²) >= 11 is 0. The highest BCUT2D eigenvalue weighted by Crippen LogP contribution is 2.35. The molecule has 0 atom stereocenters. The smallest absolute Gasteiger partial charge is 0.255 e. The Morgan fingerprint density at radius 3 is 2.03 bits per heavy atom. The van der Waals surface area contributed by atoms with Crippen molar-refractivity contribution in [3.63, 3.8) is 0 Å². The molecular weight excluding hydrogens is 797 g/mol. The monoisotopic (exact) mass is 832 g/mol. The van der Waals surface area contributed by atoms with Gasteiger partial charge in [-0.15, -0.1) is 0 Å². The Balaban J connectivity index is 0.936. The van der Waals surface area contributed by atoms with Crippen LogP contribution in [0, 0.1) is 11.8 Å². The van der Waals surface area contributed by atoms with Crippen LogP contribution in [0.1, 0.15) is 42.2 Å². The standard InChI is InChI=1S/C45H36N8O7S/c46-53-52-36-15-12-33(13-16-36)45(57)51-37-24-34(23-35(25-37)44(56)50-26-28-6-17-38(18-7-28)61(47,58)59)43(55)49-21-20-48-40(54)27-60-22-2-5-29-8-9-32-11-10-30-3-1-4-31-14-19-39(29)42(32)41(30)31/h1,3-4,6-19,23-25H,20-22,26-27H2,(H,48,54)(H,49,55)(H,50,56)(H,51,57)(H2,47,58,59). The Labute approximate surface area is 349 Å². The molecule has 61 heavy (non-hydrogen) atoms. The number of carbonyl (C=O) groups excluding carboxylic acids is 4. The fourth-order valence-electron chi connectivity index (χ4n) is 6.68. The van der Waals surface area contributed by atoms with E-state index in [1.807, 2.05) is 12.1 Å². The largest absolute Gasteiger partial charge is 0.359 e. The van der Waals surface area contributed by atoms with E-state index in [9.17, 15) is 27.6 Å². The summed E-state index contributed by atoms with van der Waals surface area (Å²) in [4.78, 5) is 54.8. The molecule has 0 fully saturated rings. The Morgan fingerprint density at radius 2 is 1.34 bits per heavy atom. The lowest BCUT2D eigenvalue weighted by Gasteiger charge is -2.13. The second-order valence-electron chi connectivity index (χ2n) is 13.7. The number of primary sulfonamides is 1. The highest BCUT2D eigenvalue weighted by Gasteiger charge is 2.16. The summed E-state index contributed by atoms with van der Waals surface area (Å²) in [7, 11) is -3.89. The number of carbonyl (C=O) groups is 4. The average Bonchev–Trinajstić information content (AvgIpc) is 3.26. The van der Waals surface area contributed by atoms with E-state index < -0.39 is 33.7 Å². The number of hydrogen-bond acceptors (Lipinski definition) is 8. The van der Waals surface area contributed by atoms with E-state index in [-0.39, 0.29) is 60.1 Å². The number of anilines is 1. The maximum Gasteiger partial charge on any atom is 0.255 e. The predicted octanol–water partition coefficient (Wildman–Crippen LogP) is 6.27. The van der Waals surface area contributed by atoms with Gasteiger partial charge in [-0.25, -0.2) is 13.6 Å². The van der Waals surface area contributed by atoms with Crippen LogP contribution in [0.2, 0.25) is 0 Å². The van der Waals surface area contributed by atoms with Crippen molar-refractivity contribution in [2.24, 2.45) is 10.3 Å². The van der Waals surface area contributed by atoms with Gasteiger partial charge in [-0.05, 0) is 91.9 Å². The van der Waals surface area contributed by atoms with Crippen LogP contribution < -0.4 is 26.4 Å². The van der Waals surface area contributed by atoms with Crippen molar-refractivity contribution in [3.8, 4) is 11.8 Å². The zero-order valence-electron chi connectivity index (χ0n) is 32.3. The first kappa shape index (κ1) is 41.4. The molecule has 304 valence electrons. The van der Waals surface area contributed by atoms with E-state index in [1.165, 1.54) is 82.9 Å². The van der Waals surface area contributed by atoms with Crippen LogP contribution >= 0.6 is 0 Å². The number of nitrogens with one attached hydrogen (secondary N) is 4. The number of hydrogen-bond donors (Lipinski definition) is 5. The topological polar surface area (TPSA) is 235 Å². The second-order valence-corrected chi connectivity index (χ2v) is 15.3. The van der Waals surface area contributed by atoms with Crippen LogP contribution in [0.5, 0.6) is 0 Å². The van der Waals surface area contributed by atoms with Crippen LogP contribution in [0.3, 0.4) is 0 Å². The van der Waals surface area contributed by atoms with Gasteiger partial charge < -0.3 is 26.0 Å². The normalized spacial score (nSPS) is 11.0. The van der Waals surface area contributed by atoms with Crippen molar-refractivity contribution in [3.05, 3.63) is 160 Å². The molecule has 4 amide bonds. The molecular formula is C45H36N8O7S. The van der Waals surface area contributed by atoms with Crippen molar-refractivity contribution in [2.75, 3.05) is 31.6 Å². The van der Waals surface area contributed by atoms with Gasteiger partial charge >= 0.3 is 0 Å². The van der Waals surface area contributed by atoms with Crippen molar-refractivity contribution in [1.82, 2.24) is 16.0 Å². The summed E-state index contributed by atoms with van der Waals surface area (Å²) in [6.07, 6.45) is 0. The summed E-state index contributed by atoms with van der Waals surface area (Å²) in [5.74, 6) is 4.02. The minimum atomic E-state index is -3.89. The Hall–Kier alpha value is -7.80. The van der Waals surface area contributed by atoms with E-state index in [4.69, 9.17) is 15.4 Å². The van der Waals surface area contributed by atoms with E-state index in [0.29, 0.717) is 11.3 Å². The fourth-order valence-corrected chi connectivity index (χ4v) is 7.19. The van der Waals surface area contributed by atoms with Crippen molar-refractivity contribution >= 4 is 77.3 Å². The Bertz CT molecular complexity index is 3030. The van der Waals surface area contributed by atoms with Gasteiger partial charge in [0.15, 0.2) is 0 Å². The molecule has 0 saturated heterocycles. The van der Waals surface area contributed by atoms with E-state index in [1.54, 1.807) is 0 Å². The van der Waals surface area contributed by atoms with E-state index in [2.05, 4.69) is 85.6 Å². The molecule has 7 aromatic rings. The first-order valence-corrected chi connectivity index (χ1v) is 20.3. The van der Waals surface area contributed by atoms with Crippen LogP contribution in [-0.2, 0) is 26.1 Å². The maximum atomic E-state index is 13.3. The zero-order valence-corrected chi connectivity index (χ0v) is 33.1. The molecule has 0 aromatic heterocycles. The third kappa shape index (κ3) is 10.1. The molecule has 16 heteroatoms. The molecule has 7 aromatic carbocycles. The van der Waals surface area contributed by atoms with Gasteiger partial charge in [-0.3, -0.25) is 19.2 Å². The summed E-state index contributed by atoms with van der Waals surface area (Å²) in [5.41, 5.74) is 10.8.